The number of nitrogens with one attached hydrogen (secondary N) is 1. The Bertz CT molecular complexity index is 288. The molecule has 2 N–H and O–H groups in total. The summed E-state index contributed by atoms with van der Waals surface area (Å²) in [7, 11) is 3.73. The Morgan fingerprint density at radius 3 is 2.73 bits per heavy atom. The van der Waals surface area contributed by atoms with E-state index >= 15 is 0 Å². The smallest absolute Gasteiger partial charge is 0.196 e. The molecule has 5 heteroatoms. The molecule has 0 radical (unpaired) electrons. The van der Waals surface area contributed by atoms with E-state index < -0.39 is 0 Å². The molecule has 0 amide bonds. The van der Waals surface area contributed by atoms with Crippen molar-refractivity contribution >= 4 is 12.2 Å². The maximum Gasteiger partial charge on any atom is 0.196 e. The average Bonchev–Trinajstić information content (AvgIpc) is 2.30. The molecule has 11 heavy (non-hydrogen) atoms. The number of aliphatic hydroxyl groups excluding tert-OH is 1. The number of hydrogen-bond donors (Lipinski definition) is 2. The normalized spacial score (nSPS) is 10.1. The second-order valence-electron chi connectivity index (χ2n) is 2.40. The zero-order valence-corrected chi connectivity index (χ0v) is 7.35. The molecule has 62 valence electrons. The van der Waals surface area contributed by atoms with Gasteiger partial charge in [-0.05, 0) is 12.2 Å². The molecule has 1 heterocycles. The highest BCUT2D eigenvalue weighted by Gasteiger charge is 2.02. The molecule has 0 atom stereocenters. The van der Waals surface area contributed by atoms with Crippen molar-refractivity contribution in [3.63, 3.8) is 0 Å². The van der Waals surface area contributed by atoms with E-state index in [0.717, 1.165) is 5.69 Å². The van der Waals surface area contributed by atoms with Gasteiger partial charge in [0.2, 0.25) is 0 Å². The van der Waals surface area contributed by atoms with Crippen molar-refractivity contribution in [1.82, 2.24) is 9.66 Å². The number of nitrogens with zero attached hydrogens (tertiary/aromatic N) is 2. The van der Waals surface area contributed by atoms with Crippen LogP contribution in [0.25, 0.3) is 0 Å². The molecule has 1 aromatic rings. The van der Waals surface area contributed by atoms with Crippen molar-refractivity contribution in [3.8, 4) is 0 Å². The Kier molecular flexibility index (Phi) is 2.31. The van der Waals surface area contributed by atoms with Crippen LogP contribution in [0, 0.1) is 4.77 Å². The van der Waals surface area contributed by atoms with Crippen LogP contribution in [-0.4, -0.2) is 28.9 Å². The highest BCUT2D eigenvalue weighted by molar-refractivity contribution is 7.71. The second kappa shape index (κ2) is 3.06. The Morgan fingerprint density at radius 1 is 1.73 bits per heavy atom. The van der Waals surface area contributed by atoms with E-state index in [-0.39, 0.29) is 6.61 Å². The third-order valence-electron chi connectivity index (χ3n) is 1.39. The molecule has 0 aromatic carbocycles. The van der Waals surface area contributed by atoms with E-state index in [9.17, 15) is 0 Å². The fraction of sp³-hybridized carbons (Fsp3) is 0.500. The third-order valence-corrected chi connectivity index (χ3v) is 1.68. The first-order valence-electron chi connectivity index (χ1n) is 3.24. The van der Waals surface area contributed by atoms with Crippen LogP contribution in [0.4, 0.5) is 0 Å². The number of imidazole rings is 1. The van der Waals surface area contributed by atoms with Gasteiger partial charge >= 0.3 is 0 Å². The zero-order valence-electron chi connectivity index (χ0n) is 6.53. The van der Waals surface area contributed by atoms with E-state index in [2.05, 4.69) is 4.98 Å². The predicted octanol–water partition coefficient (Wildman–Crippen LogP) is 0.236. The molecule has 0 spiro atoms. The van der Waals surface area contributed by atoms with Gasteiger partial charge in [0.25, 0.3) is 0 Å². The van der Waals surface area contributed by atoms with Gasteiger partial charge in [0.15, 0.2) is 4.77 Å². The van der Waals surface area contributed by atoms with Crippen LogP contribution < -0.4 is 5.01 Å². The standard InChI is InChI=1S/C6H11N3OS/c1-8(2)9-5(4-10)3-7-6(9)11/h3,10H,4H2,1-2H3,(H,7,11). The van der Waals surface area contributed by atoms with Crippen LogP contribution in [0.2, 0.25) is 0 Å². The van der Waals surface area contributed by atoms with Crippen LogP contribution >= 0.6 is 12.2 Å². The van der Waals surface area contributed by atoms with E-state index in [0.29, 0.717) is 4.77 Å². The molecule has 0 bridgehead atoms. The summed E-state index contributed by atoms with van der Waals surface area (Å²) in [6, 6.07) is 0. The molecule has 0 aliphatic heterocycles. The average molecular weight is 173 g/mol. The number of rotatable bonds is 2. The maximum absolute atomic E-state index is 8.87. The Balaban J connectivity index is 3.18. The summed E-state index contributed by atoms with van der Waals surface area (Å²) in [6.07, 6.45) is 1.70. The molecular weight excluding hydrogens is 162 g/mol. The fourth-order valence-corrected chi connectivity index (χ4v) is 1.29. The third kappa shape index (κ3) is 1.44. The minimum absolute atomic E-state index is 0.00861. The van der Waals surface area contributed by atoms with Gasteiger partial charge in [0.05, 0.1) is 12.3 Å². The van der Waals surface area contributed by atoms with Gasteiger partial charge < -0.3 is 15.1 Å². The largest absolute Gasteiger partial charge is 0.390 e. The fourth-order valence-electron chi connectivity index (χ4n) is 0.949. The number of hydrogen-bond acceptors (Lipinski definition) is 3. The van der Waals surface area contributed by atoms with Crippen molar-refractivity contribution in [2.24, 2.45) is 0 Å². The van der Waals surface area contributed by atoms with Gasteiger partial charge in [0, 0.05) is 20.3 Å². The summed E-state index contributed by atoms with van der Waals surface area (Å²) in [4.78, 5) is 2.85. The van der Waals surface area contributed by atoms with Gasteiger partial charge in [0.1, 0.15) is 0 Å². The van der Waals surface area contributed by atoms with Gasteiger partial charge in [-0.2, -0.15) is 0 Å². The van der Waals surface area contributed by atoms with Gasteiger partial charge in [-0.3, -0.25) is 0 Å². The zero-order chi connectivity index (χ0) is 8.43. The molecule has 1 aromatic heterocycles. The summed E-state index contributed by atoms with van der Waals surface area (Å²) in [5, 5.41) is 10.7. The first kappa shape index (κ1) is 8.29. The highest BCUT2D eigenvalue weighted by atomic mass is 32.1. The van der Waals surface area contributed by atoms with E-state index in [1.807, 2.05) is 19.1 Å². The minimum atomic E-state index is -0.00861. The summed E-state index contributed by atoms with van der Waals surface area (Å²) in [5.41, 5.74) is 0.764. The maximum atomic E-state index is 8.87. The van der Waals surface area contributed by atoms with Crippen LogP contribution in [0.1, 0.15) is 5.69 Å². The highest BCUT2D eigenvalue weighted by Crippen LogP contribution is 1.99. The number of aromatic nitrogens is 2. The quantitative estimate of drug-likeness (QED) is 0.629. The lowest BCUT2D eigenvalue weighted by Crippen LogP contribution is -2.26. The summed E-state index contributed by atoms with van der Waals surface area (Å²) in [6.45, 7) is -0.00861. The molecule has 0 aliphatic carbocycles. The van der Waals surface area contributed by atoms with Gasteiger partial charge in [-0.1, -0.05) is 0 Å². The lowest BCUT2D eigenvalue weighted by atomic mass is 10.5. The van der Waals surface area contributed by atoms with E-state index in [1.165, 1.54) is 0 Å². The predicted molar refractivity (Wildman–Crippen MR) is 45.6 cm³/mol. The van der Waals surface area contributed by atoms with Crippen LogP contribution in [-0.2, 0) is 6.61 Å². The molecule has 0 aliphatic rings. The topological polar surface area (TPSA) is 44.2 Å². The van der Waals surface area contributed by atoms with Crippen LogP contribution in [0.5, 0.6) is 0 Å². The molecule has 0 saturated carbocycles. The van der Waals surface area contributed by atoms with Crippen molar-refractivity contribution in [3.05, 3.63) is 16.7 Å². The number of H-pyrrole nitrogens is 1. The number of aromatic amines is 1. The van der Waals surface area contributed by atoms with E-state index in [4.69, 9.17) is 17.3 Å². The van der Waals surface area contributed by atoms with Crippen molar-refractivity contribution in [2.45, 2.75) is 6.61 Å². The second-order valence-corrected chi connectivity index (χ2v) is 2.79. The molecular formula is C6H11N3OS. The van der Waals surface area contributed by atoms with Crippen LogP contribution in [0.15, 0.2) is 6.20 Å². The van der Waals surface area contributed by atoms with Crippen LogP contribution in [0.3, 0.4) is 0 Å². The molecule has 4 nitrogen and oxygen atoms in total. The van der Waals surface area contributed by atoms with Gasteiger partial charge in [-0.25, -0.2) is 4.68 Å². The van der Waals surface area contributed by atoms with E-state index in [1.54, 1.807) is 10.9 Å². The molecule has 1 rings (SSSR count). The lowest BCUT2D eigenvalue weighted by molar-refractivity contribution is 0.270. The summed E-state index contributed by atoms with van der Waals surface area (Å²) in [5.74, 6) is 0. The molecule has 0 saturated heterocycles. The Morgan fingerprint density at radius 2 is 2.36 bits per heavy atom. The Labute approximate surface area is 70.0 Å². The summed E-state index contributed by atoms with van der Waals surface area (Å²) >= 11 is 4.97. The SMILES string of the molecule is CN(C)n1c(CO)c[nH]c1=S. The number of aliphatic hydroxyl groups is 1. The first-order valence-corrected chi connectivity index (χ1v) is 3.65. The van der Waals surface area contributed by atoms with Crippen molar-refractivity contribution in [1.29, 1.82) is 0 Å². The molecule has 0 fully saturated rings. The monoisotopic (exact) mass is 173 g/mol. The summed E-state index contributed by atoms with van der Waals surface area (Å²) < 4.78 is 2.33. The minimum Gasteiger partial charge on any atom is -0.390 e. The molecule has 0 unspecified atom stereocenters. The van der Waals surface area contributed by atoms with Crippen molar-refractivity contribution in [2.75, 3.05) is 19.1 Å². The first-order chi connectivity index (χ1) is 5.16. The van der Waals surface area contributed by atoms with Gasteiger partial charge in [-0.15, -0.1) is 0 Å². The lowest BCUT2D eigenvalue weighted by Gasteiger charge is -2.15. The Hall–Kier alpha value is -0.810. The van der Waals surface area contributed by atoms with Crippen molar-refractivity contribution < 1.29 is 5.11 Å².